The zero-order valence-electron chi connectivity index (χ0n) is 5.52. The Hall–Kier alpha value is 0.440. The molecule has 0 aromatic rings. The lowest BCUT2D eigenvalue weighted by Gasteiger charge is -2.14. The van der Waals surface area contributed by atoms with Gasteiger partial charge >= 0.3 is 0 Å². The first kappa shape index (κ1) is 6.17. The molecule has 2 fully saturated rings. The van der Waals surface area contributed by atoms with Crippen LogP contribution in [-0.2, 0) is 0 Å². The van der Waals surface area contributed by atoms with Crippen molar-refractivity contribution in [2.45, 2.75) is 30.1 Å². The maximum Gasteiger partial charge on any atom is 0.0313 e. The van der Waals surface area contributed by atoms with Crippen molar-refractivity contribution in [3.63, 3.8) is 0 Å². The van der Waals surface area contributed by atoms with Crippen LogP contribution in [0.15, 0.2) is 0 Å². The van der Waals surface area contributed by atoms with Crippen LogP contribution in [0.4, 0.5) is 0 Å². The van der Waals surface area contributed by atoms with E-state index in [1.165, 1.54) is 32.4 Å². The molecule has 2 heteroatoms. The molecule has 0 amide bonds. The summed E-state index contributed by atoms with van der Waals surface area (Å²) in [6.07, 6.45) is 4.22. The van der Waals surface area contributed by atoms with Crippen LogP contribution >= 0.6 is 15.9 Å². The first-order valence-corrected chi connectivity index (χ1v) is 4.67. The van der Waals surface area contributed by atoms with Crippen molar-refractivity contribution in [1.29, 1.82) is 0 Å². The first-order valence-electron chi connectivity index (χ1n) is 3.76. The summed E-state index contributed by atoms with van der Waals surface area (Å²) in [5.41, 5.74) is 0. The Kier molecular flexibility index (Phi) is 1.54. The van der Waals surface area contributed by atoms with Gasteiger partial charge in [0.25, 0.3) is 0 Å². The molecule has 2 aliphatic heterocycles. The van der Waals surface area contributed by atoms with E-state index in [1.807, 2.05) is 0 Å². The van der Waals surface area contributed by atoms with Crippen LogP contribution in [-0.4, -0.2) is 28.9 Å². The van der Waals surface area contributed by atoms with Crippen LogP contribution in [0.1, 0.15) is 19.3 Å². The Morgan fingerprint density at radius 1 is 1.22 bits per heavy atom. The predicted octanol–water partition coefficient (Wildman–Crippen LogP) is 1.62. The maximum absolute atomic E-state index is 3.70. The average Bonchev–Trinajstić information content (AvgIpc) is 2.35. The van der Waals surface area contributed by atoms with Crippen LogP contribution in [0, 0.1) is 0 Å². The predicted molar refractivity (Wildman–Crippen MR) is 41.9 cm³/mol. The van der Waals surface area contributed by atoms with Crippen molar-refractivity contribution in [2.75, 3.05) is 13.1 Å². The third-order valence-electron chi connectivity index (χ3n) is 2.52. The molecule has 2 saturated heterocycles. The highest BCUT2D eigenvalue weighted by Crippen LogP contribution is 2.31. The highest BCUT2D eigenvalue weighted by Gasteiger charge is 2.35. The Bertz CT molecular complexity index is 115. The number of hydrogen-bond donors (Lipinski definition) is 0. The molecule has 0 N–H and O–H groups in total. The summed E-state index contributed by atoms with van der Waals surface area (Å²) >= 11 is 3.70. The Morgan fingerprint density at radius 2 is 2.11 bits per heavy atom. The number of nitrogens with zero attached hydrogens (tertiary/aromatic N) is 1. The molecule has 0 bridgehead atoms. The quantitative estimate of drug-likeness (QED) is 0.524. The normalized spacial score (nSPS) is 43.7. The van der Waals surface area contributed by atoms with Gasteiger partial charge in [0.2, 0.25) is 0 Å². The fraction of sp³-hybridized carbons (Fsp3) is 1.00. The summed E-state index contributed by atoms with van der Waals surface area (Å²) in [6.45, 7) is 2.69. The third kappa shape index (κ3) is 0.926. The number of alkyl halides is 1. The lowest BCUT2D eigenvalue weighted by Crippen LogP contribution is -2.25. The van der Waals surface area contributed by atoms with E-state index >= 15 is 0 Å². The van der Waals surface area contributed by atoms with Crippen molar-refractivity contribution in [2.24, 2.45) is 0 Å². The minimum atomic E-state index is 0.806. The summed E-state index contributed by atoms with van der Waals surface area (Å²) in [7, 11) is 0. The molecule has 2 atom stereocenters. The van der Waals surface area contributed by atoms with E-state index in [2.05, 4.69) is 20.8 Å². The van der Waals surface area contributed by atoms with Gasteiger partial charge in [-0.05, 0) is 32.4 Å². The minimum absolute atomic E-state index is 0.806. The molecule has 0 radical (unpaired) electrons. The lowest BCUT2D eigenvalue weighted by molar-refractivity contribution is 0.327. The summed E-state index contributed by atoms with van der Waals surface area (Å²) in [5.74, 6) is 0. The molecule has 2 heterocycles. The molecule has 2 aliphatic rings. The Morgan fingerprint density at radius 3 is 2.89 bits per heavy atom. The number of fused-ring (bicyclic) bond motifs is 1. The van der Waals surface area contributed by atoms with E-state index in [4.69, 9.17) is 0 Å². The van der Waals surface area contributed by atoms with Crippen molar-refractivity contribution in [3.8, 4) is 0 Å². The van der Waals surface area contributed by atoms with Crippen LogP contribution in [0.2, 0.25) is 0 Å². The highest BCUT2D eigenvalue weighted by atomic mass is 79.9. The standard InChI is InChI=1S/C7H12BrN/c8-6-3-5-9-4-1-2-7(6)9/h6-7H,1-5H2/t6-,7-/m0/s1. The average molecular weight is 190 g/mol. The highest BCUT2D eigenvalue weighted by molar-refractivity contribution is 9.09. The van der Waals surface area contributed by atoms with Gasteiger partial charge in [0, 0.05) is 10.9 Å². The van der Waals surface area contributed by atoms with Gasteiger partial charge in [-0.25, -0.2) is 0 Å². The topological polar surface area (TPSA) is 3.24 Å². The molecule has 0 aromatic carbocycles. The second-order valence-corrected chi connectivity index (χ2v) is 4.23. The second kappa shape index (κ2) is 2.24. The van der Waals surface area contributed by atoms with Gasteiger partial charge in [-0.2, -0.15) is 0 Å². The minimum Gasteiger partial charge on any atom is -0.299 e. The molecule has 0 saturated carbocycles. The summed E-state index contributed by atoms with van der Waals surface area (Å²) in [4.78, 5) is 3.42. The SMILES string of the molecule is Br[C@H]1CCN2CCC[C@@H]12. The number of halogens is 1. The number of rotatable bonds is 0. The molecule has 0 spiro atoms. The zero-order valence-corrected chi connectivity index (χ0v) is 7.10. The fourth-order valence-electron chi connectivity index (χ4n) is 2.02. The fourth-order valence-corrected chi connectivity index (χ4v) is 2.82. The van der Waals surface area contributed by atoms with Crippen molar-refractivity contribution in [1.82, 2.24) is 4.90 Å². The molecule has 2 rings (SSSR count). The third-order valence-corrected chi connectivity index (χ3v) is 3.59. The summed E-state index contributed by atoms with van der Waals surface area (Å²) in [6, 6.07) is 0.894. The van der Waals surface area contributed by atoms with E-state index in [0.29, 0.717) is 0 Å². The van der Waals surface area contributed by atoms with Gasteiger partial charge < -0.3 is 0 Å². The second-order valence-electron chi connectivity index (χ2n) is 3.05. The van der Waals surface area contributed by atoms with E-state index < -0.39 is 0 Å². The van der Waals surface area contributed by atoms with E-state index in [1.54, 1.807) is 0 Å². The van der Waals surface area contributed by atoms with Crippen LogP contribution in [0.25, 0.3) is 0 Å². The first-order chi connectivity index (χ1) is 4.38. The van der Waals surface area contributed by atoms with Gasteiger partial charge in [-0.1, -0.05) is 15.9 Å². The van der Waals surface area contributed by atoms with Crippen LogP contribution in [0.3, 0.4) is 0 Å². The van der Waals surface area contributed by atoms with E-state index in [0.717, 1.165) is 10.9 Å². The Balaban J connectivity index is 2.07. The van der Waals surface area contributed by atoms with E-state index in [-0.39, 0.29) is 0 Å². The Labute approximate surface area is 64.5 Å². The van der Waals surface area contributed by atoms with Crippen LogP contribution in [0.5, 0.6) is 0 Å². The molecule has 9 heavy (non-hydrogen) atoms. The van der Waals surface area contributed by atoms with Crippen LogP contribution < -0.4 is 0 Å². The zero-order chi connectivity index (χ0) is 6.27. The van der Waals surface area contributed by atoms with Crippen molar-refractivity contribution < 1.29 is 0 Å². The smallest absolute Gasteiger partial charge is 0.0313 e. The van der Waals surface area contributed by atoms with E-state index in [9.17, 15) is 0 Å². The monoisotopic (exact) mass is 189 g/mol. The molecule has 0 unspecified atom stereocenters. The molecule has 0 aromatic heterocycles. The summed E-state index contributed by atoms with van der Waals surface area (Å²) in [5, 5.41) is 0. The molecular formula is C7H12BrN. The van der Waals surface area contributed by atoms with Gasteiger partial charge in [-0.15, -0.1) is 0 Å². The van der Waals surface area contributed by atoms with Crippen molar-refractivity contribution in [3.05, 3.63) is 0 Å². The molecule has 0 aliphatic carbocycles. The molecule has 1 nitrogen and oxygen atoms in total. The molecule has 52 valence electrons. The van der Waals surface area contributed by atoms with Gasteiger partial charge in [0.05, 0.1) is 0 Å². The maximum atomic E-state index is 3.70. The van der Waals surface area contributed by atoms with Gasteiger partial charge in [-0.3, -0.25) is 4.90 Å². The van der Waals surface area contributed by atoms with Gasteiger partial charge in [0.15, 0.2) is 0 Å². The largest absolute Gasteiger partial charge is 0.299 e. The number of hydrogen-bond acceptors (Lipinski definition) is 1. The van der Waals surface area contributed by atoms with Crippen molar-refractivity contribution >= 4 is 15.9 Å². The lowest BCUT2D eigenvalue weighted by atomic mass is 10.2. The van der Waals surface area contributed by atoms with Gasteiger partial charge in [0.1, 0.15) is 0 Å². The summed E-state index contributed by atoms with van der Waals surface area (Å²) < 4.78 is 0. The molecular weight excluding hydrogens is 178 g/mol.